The average molecular weight is 251 g/mol. The van der Waals surface area contributed by atoms with Crippen molar-refractivity contribution in [3.8, 4) is 0 Å². The quantitative estimate of drug-likeness (QED) is 0.269. The Labute approximate surface area is 99.0 Å². The zero-order valence-corrected chi connectivity index (χ0v) is 9.94. The van der Waals surface area contributed by atoms with Crippen LogP contribution in [0.15, 0.2) is 0 Å². The molecule has 0 aromatic rings. The molecule has 0 saturated carbocycles. The highest BCUT2D eigenvalue weighted by molar-refractivity contribution is 7.80. The van der Waals surface area contributed by atoms with Crippen molar-refractivity contribution in [1.82, 2.24) is 15.8 Å². The van der Waals surface area contributed by atoms with Gasteiger partial charge in [-0.3, -0.25) is 5.01 Å². The number of nitrogens with one attached hydrogen (secondary N) is 2. The summed E-state index contributed by atoms with van der Waals surface area (Å²) in [5.74, 6) is 0. The van der Waals surface area contributed by atoms with E-state index in [-0.39, 0.29) is 6.61 Å². The molecule has 0 aromatic carbocycles. The predicted molar refractivity (Wildman–Crippen MR) is 60.3 cm³/mol. The number of hydrogen-bond donors (Lipinski definition) is 5. The molecular weight excluding hydrogens is 234 g/mol. The largest absolute Gasteiger partial charge is 0.388 e. The number of ether oxygens (including phenoxy) is 1. The Balaban J connectivity index is 2.51. The van der Waals surface area contributed by atoms with E-state index < -0.39 is 24.5 Å². The van der Waals surface area contributed by atoms with Crippen LogP contribution in [0, 0.1) is 0 Å². The molecule has 0 aromatic heterocycles. The van der Waals surface area contributed by atoms with Crippen molar-refractivity contribution < 1.29 is 20.1 Å². The Morgan fingerprint density at radius 1 is 1.38 bits per heavy atom. The Hall–Kier alpha value is -0.510. The molecule has 1 saturated heterocycles. The van der Waals surface area contributed by atoms with Gasteiger partial charge in [-0.05, 0) is 12.2 Å². The molecule has 1 rings (SSSR count). The van der Waals surface area contributed by atoms with Crippen LogP contribution in [0.1, 0.15) is 0 Å². The van der Waals surface area contributed by atoms with E-state index in [0.717, 1.165) is 0 Å². The van der Waals surface area contributed by atoms with Gasteiger partial charge in [0, 0.05) is 14.1 Å². The van der Waals surface area contributed by atoms with Gasteiger partial charge in [0.2, 0.25) is 0 Å². The van der Waals surface area contributed by atoms with Crippen LogP contribution in [-0.2, 0) is 4.74 Å². The lowest BCUT2D eigenvalue weighted by Gasteiger charge is -2.37. The monoisotopic (exact) mass is 251 g/mol. The lowest BCUT2D eigenvalue weighted by atomic mass is 10.0. The topological polar surface area (TPSA) is 97.2 Å². The maximum absolute atomic E-state index is 9.62. The summed E-state index contributed by atoms with van der Waals surface area (Å²) in [6.07, 6.45) is -4.34. The number of aliphatic hydroxyl groups is 3. The van der Waals surface area contributed by atoms with E-state index in [2.05, 4.69) is 10.7 Å². The highest BCUT2D eigenvalue weighted by Crippen LogP contribution is 2.13. The summed E-state index contributed by atoms with van der Waals surface area (Å²) in [6.45, 7) is -0.0456. The van der Waals surface area contributed by atoms with Gasteiger partial charge in [-0.25, -0.2) is 5.43 Å². The van der Waals surface area contributed by atoms with Crippen molar-refractivity contribution in [1.29, 1.82) is 0 Å². The van der Waals surface area contributed by atoms with Gasteiger partial charge < -0.3 is 25.4 Å². The van der Waals surface area contributed by atoms with E-state index in [0.29, 0.717) is 5.11 Å². The minimum Gasteiger partial charge on any atom is -0.388 e. The molecule has 4 atom stereocenters. The summed E-state index contributed by atoms with van der Waals surface area (Å²) in [6, 6.07) is 0. The second-order valence-electron chi connectivity index (χ2n) is 3.55. The van der Waals surface area contributed by atoms with Crippen molar-refractivity contribution in [2.24, 2.45) is 0 Å². The first kappa shape index (κ1) is 13.6. The third kappa shape index (κ3) is 3.00. The van der Waals surface area contributed by atoms with Gasteiger partial charge in [0.1, 0.15) is 18.3 Å². The minimum absolute atomic E-state index is 0.0456. The van der Waals surface area contributed by atoms with E-state index in [4.69, 9.17) is 17.0 Å². The molecule has 0 aliphatic carbocycles. The number of thiocarbonyl (C=S) groups is 1. The molecule has 0 bridgehead atoms. The van der Waals surface area contributed by atoms with Crippen LogP contribution in [0.3, 0.4) is 0 Å². The molecule has 5 N–H and O–H groups in total. The number of nitrogens with zero attached hydrogens (tertiary/aromatic N) is 1. The van der Waals surface area contributed by atoms with E-state index >= 15 is 0 Å². The molecule has 1 aliphatic rings. The zero-order chi connectivity index (χ0) is 12.3. The second-order valence-corrected chi connectivity index (χ2v) is 3.93. The van der Waals surface area contributed by atoms with Gasteiger partial charge in [0.15, 0.2) is 11.3 Å². The molecule has 1 fully saturated rings. The van der Waals surface area contributed by atoms with E-state index in [1.54, 1.807) is 14.1 Å². The molecule has 16 heavy (non-hydrogen) atoms. The first-order chi connectivity index (χ1) is 7.47. The molecule has 8 heteroatoms. The van der Waals surface area contributed by atoms with Crippen molar-refractivity contribution in [2.45, 2.75) is 24.5 Å². The van der Waals surface area contributed by atoms with Gasteiger partial charge in [-0.2, -0.15) is 0 Å². The third-order valence-corrected chi connectivity index (χ3v) is 2.82. The van der Waals surface area contributed by atoms with Crippen LogP contribution in [0.2, 0.25) is 0 Å². The third-order valence-electron chi connectivity index (χ3n) is 2.34. The van der Waals surface area contributed by atoms with Crippen molar-refractivity contribution in [2.75, 3.05) is 20.7 Å². The molecular formula is C8H17N3O4S. The normalized spacial score (nSPS) is 34.6. The summed E-state index contributed by atoms with van der Waals surface area (Å²) >= 11 is 4.94. The van der Waals surface area contributed by atoms with Crippen LogP contribution in [0.5, 0.6) is 0 Å². The molecule has 94 valence electrons. The summed E-state index contributed by atoms with van der Waals surface area (Å²) < 4.78 is 5.14. The maximum Gasteiger partial charge on any atom is 0.183 e. The number of hydrogen-bond acceptors (Lipinski definition) is 6. The highest BCUT2D eigenvalue weighted by atomic mass is 32.1. The standard InChI is InChI=1S/C8H17N3O4S/c1-9-8(16)11(2)10-7-6(14)5(13)4(12)3-15-7/h4-7,10,12-14H,3H2,1-2H3,(H,9,16)/t4-,5-,6-,7-/m1/s1. The average Bonchev–Trinajstić information content (AvgIpc) is 2.28. The fourth-order valence-corrected chi connectivity index (χ4v) is 1.39. The molecule has 0 spiro atoms. The highest BCUT2D eigenvalue weighted by Gasteiger charge is 2.38. The molecule has 0 unspecified atom stereocenters. The molecule has 1 aliphatic heterocycles. The van der Waals surface area contributed by atoms with Crippen molar-refractivity contribution in [3.05, 3.63) is 0 Å². The fourth-order valence-electron chi connectivity index (χ4n) is 1.34. The first-order valence-corrected chi connectivity index (χ1v) is 5.25. The van der Waals surface area contributed by atoms with Crippen LogP contribution in [0.4, 0.5) is 0 Å². The minimum atomic E-state index is -1.23. The summed E-state index contributed by atoms with van der Waals surface area (Å²) in [7, 11) is 3.31. The second kappa shape index (κ2) is 5.71. The zero-order valence-electron chi connectivity index (χ0n) is 9.12. The smallest absolute Gasteiger partial charge is 0.183 e. The van der Waals surface area contributed by atoms with Crippen LogP contribution in [-0.4, -0.2) is 70.7 Å². The first-order valence-electron chi connectivity index (χ1n) is 4.84. The summed E-state index contributed by atoms with van der Waals surface area (Å²) in [5, 5.41) is 32.9. The predicted octanol–water partition coefficient (Wildman–Crippen LogP) is -2.63. The fraction of sp³-hybridized carbons (Fsp3) is 0.875. The maximum atomic E-state index is 9.62. The van der Waals surface area contributed by atoms with E-state index in [1.165, 1.54) is 5.01 Å². The van der Waals surface area contributed by atoms with Crippen LogP contribution in [0.25, 0.3) is 0 Å². The summed E-state index contributed by atoms with van der Waals surface area (Å²) in [5.41, 5.74) is 2.76. The van der Waals surface area contributed by atoms with Crippen LogP contribution < -0.4 is 10.7 Å². The van der Waals surface area contributed by atoms with Gasteiger partial charge >= 0.3 is 0 Å². The number of aliphatic hydroxyl groups excluding tert-OH is 3. The van der Waals surface area contributed by atoms with E-state index in [1.807, 2.05) is 0 Å². The molecule has 1 heterocycles. The van der Waals surface area contributed by atoms with Gasteiger partial charge in [0.05, 0.1) is 6.61 Å². The van der Waals surface area contributed by atoms with Gasteiger partial charge in [0.25, 0.3) is 0 Å². The van der Waals surface area contributed by atoms with Crippen molar-refractivity contribution in [3.63, 3.8) is 0 Å². The number of hydrazine groups is 1. The van der Waals surface area contributed by atoms with Gasteiger partial charge in [-0.15, -0.1) is 0 Å². The SMILES string of the molecule is CNC(=S)N(C)N[C@@H]1OC[C@@H](O)[C@@H](O)[C@H]1O. The molecule has 0 radical (unpaired) electrons. The molecule has 7 nitrogen and oxygen atoms in total. The Morgan fingerprint density at radius 2 is 2.00 bits per heavy atom. The lowest BCUT2D eigenvalue weighted by molar-refractivity contribution is -0.203. The Bertz CT molecular complexity index is 255. The van der Waals surface area contributed by atoms with Crippen molar-refractivity contribution >= 4 is 17.3 Å². The number of rotatable bonds is 2. The van der Waals surface area contributed by atoms with Crippen LogP contribution >= 0.6 is 12.2 Å². The Kier molecular flexibility index (Phi) is 4.84. The molecule has 0 amide bonds. The lowest BCUT2D eigenvalue weighted by Crippen LogP contribution is -2.62. The summed E-state index contributed by atoms with van der Waals surface area (Å²) in [4.78, 5) is 0. The van der Waals surface area contributed by atoms with Gasteiger partial charge in [-0.1, -0.05) is 0 Å². The van der Waals surface area contributed by atoms with E-state index in [9.17, 15) is 15.3 Å². The Morgan fingerprint density at radius 3 is 2.56 bits per heavy atom.